The molecule has 0 N–H and O–H groups in total. The fourth-order valence-corrected chi connectivity index (χ4v) is 5.42. The van der Waals surface area contributed by atoms with Crippen molar-refractivity contribution in [2.75, 3.05) is 0 Å². The summed E-state index contributed by atoms with van der Waals surface area (Å²) < 4.78 is 1.18. The van der Waals surface area contributed by atoms with E-state index in [9.17, 15) is 0 Å². The van der Waals surface area contributed by atoms with Gasteiger partial charge in [-0.05, 0) is 40.7 Å². The van der Waals surface area contributed by atoms with Gasteiger partial charge in [0.15, 0.2) is 0 Å². The van der Waals surface area contributed by atoms with Gasteiger partial charge in [-0.3, -0.25) is 0 Å². The van der Waals surface area contributed by atoms with Crippen molar-refractivity contribution in [1.82, 2.24) is 0 Å². The van der Waals surface area contributed by atoms with Crippen LogP contribution in [0.1, 0.15) is 23.1 Å². The molecule has 5 rings (SSSR count). The molecule has 2 aliphatic rings. The highest BCUT2D eigenvalue weighted by atomic mass is 79.9. The van der Waals surface area contributed by atoms with Crippen molar-refractivity contribution >= 4 is 15.9 Å². The molecule has 0 bridgehead atoms. The summed E-state index contributed by atoms with van der Waals surface area (Å²) in [7, 11) is 0. The van der Waals surface area contributed by atoms with E-state index in [4.69, 9.17) is 0 Å². The van der Waals surface area contributed by atoms with E-state index in [0.717, 1.165) is 6.42 Å². The molecule has 0 heterocycles. The molecule has 0 saturated heterocycles. The molecule has 0 nitrogen and oxygen atoms in total. The third kappa shape index (κ3) is 2.07. The van der Waals surface area contributed by atoms with Gasteiger partial charge in [0.05, 0.1) is 5.41 Å². The lowest BCUT2D eigenvalue weighted by atomic mass is 9.62. The molecule has 0 amide bonds. The van der Waals surface area contributed by atoms with Gasteiger partial charge in [0.25, 0.3) is 0 Å². The first-order valence-corrected chi connectivity index (χ1v) is 9.90. The molecule has 1 heteroatoms. The average Bonchev–Trinajstić information content (AvgIpc) is 3.02. The summed E-state index contributed by atoms with van der Waals surface area (Å²) in [5.41, 5.74) is 6.73. The summed E-state index contributed by atoms with van der Waals surface area (Å²) in [6.07, 6.45) is 10.1. The van der Waals surface area contributed by atoms with Gasteiger partial charge >= 0.3 is 0 Å². The first-order valence-electron chi connectivity index (χ1n) is 9.11. The molecule has 0 spiro atoms. The molecule has 3 aromatic rings. The van der Waals surface area contributed by atoms with Crippen LogP contribution >= 0.6 is 15.9 Å². The molecular weight excluding hydrogens is 380 g/mol. The highest BCUT2D eigenvalue weighted by Crippen LogP contribution is 2.59. The smallest absolute Gasteiger partial charge is 0.0529 e. The predicted molar refractivity (Wildman–Crippen MR) is 112 cm³/mol. The highest BCUT2D eigenvalue weighted by molar-refractivity contribution is 9.10. The van der Waals surface area contributed by atoms with Crippen LogP contribution in [0.3, 0.4) is 0 Å². The molecule has 0 aliphatic heterocycles. The van der Waals surface area contributed by atoms with Crippen LogP contribution in [0.4, 0.5) is 0 Å². The molecule has 126 valence electrons. The zero-order chi connectivity index (χ0) is 17.6. The van der Waals surface area contributed by atoms with Crippen molar-refractivity contribution in [3.05, 3.63) is 118 Å². The minimum absolute atomic E-state index is 0.155. The normalized spacial score (nSPS) is 22.9. The van der Waals surface area contributed by atoms with Gasteiger partial charge < -0.3 is 0 Å². The van der Waals surface area contributed by atoms with Crippen molar-refractivity contribution in [3.8, 4) is 11.1 Å². The van der Waals surface area contributed by atoms with Gasteiger partial charge in [-0.1, -0.05) is 107 Å². The summed E-state index contributed by atoms with van der Waals surface area (Å²) in [5.74, 6) is 0.395. The molecular formula is C25H19Br. The Balaban J connectivity index is 1.93. The Labute approximate surface area is 163 Å². The molecule has 0 fully saturated rings. The number of halogens is 1. The Hall–Kier alpha value is -2.38. The van der Waals surface area contributed by atoms with Gasteiger partial charge in [-0.2, -0.15) is 0 Å². The molecule has 3 aromatic carbocycles. The van der Waals surface area contributed by atoms with Crippen LogP contribution in [0.25, 0.3) is 11.1 Å². The van der Waals surface area contributed by atoms with Crippen LogP contribution in [0.15, 0.2) is 102 Å². The third-order valence-corrected chi connectivity index (χ3v) is 6.49. The maximum absolute atomic E-state index is 3.83. The van der Waals surface area contributed by atoms with Crippen molar-refractivity contribution in [3.63, 3.8) is 0 Å². The topological polar surface area (TPSA) is 0 Å². The standard InChI is InChI=1S/C25H19Br/c26-23-17-9-16-22-24(23)20-14-7-8-15-21(20)25(22,18-10-3-1-4-11-18)19-12-5-2-6-13-19/h1-12,14-17,19H,13H2. The third-order valence-electron chi connectivity index (χ3n) is 5.83. The van der Waals surface area contributed by atoms with E-state index in [1.165, 1.54) is 32.3 Å². The fraction of sp³-hybridized carbons (Fsp3) is 0.120. The Morgan fingerprint density at radius 1 is 0.769 bits per heavy atom. The number of hydrogen-bond acceptors (Lipinski definition) is 0. The van der Waals surface area contributed by atoms with Crippen LogP contribution in [0.2, 0.25) is 0 Å². The van der Waals surface area contributed by atoms with Crippen LogP contribution in [-0.2, 0) is 5.41 Å². The Morgan fingerprint density at radius 3 is 2.35 bits per heavy atom. The lowest BCUT2D eigenvalue weighted by Crippen LogP contribution is -2.35. The van der Waals surface area contributed by atoms with E-state index in [-0.39, 0.29) is 5.41 Å². The molecule has 0 radical (unpaired) electrons. The SMILES string of the molecule is Brc1cccc2c1-c1ccccc1C2(c1ccccc1)C1C=CC=CC1. The largest absolute Gasteiger partial charge is 0.0839 e. The van der Waals surface area contributed by atoms with Crippen molar-refractivity contribution < 1.29 is 0 Å². The number of hydrogen-bond donors (Lipinski definition) is 0. The summed E-state index contributed by atoms with van der Waals surface area (Å²) in [4.78, 5) is 0. The van der Waals surface area contributed by atoms with E-state index in [1.807, 2.05) is 0 Å². The van der Waals surface area contributed by atoms with E-state index in [1.54, 1.807) is 0 Å². The summed E-state index contributed by atoms with van der Waals surface area (Å²) >= 11 is 3.83. The molecule has 0 aromatic heterocycles. The molecule has 26 heavy (non-hydrogen) atoms. The Kier molecular flexibility index (Phi) is 3.72. The van der Waals surface area contributed by atoms with E-state index < -0.39 is 0 Å². The second-order valence-corrected chi connectivity index (χ2v) is 7.89. The van der Waals surface area contributed by atoms with E-state index in [0.29, 0.717) is 5.92 Å². The monoisotopic (exact) mass is 398 g/mol. The quantitative estimate of drug-likeness (QED) is 0.440. The second-order valence-electron chi connectivity index (χ2n) is 7.04. The van der Waals surface area contributed by atoms with E-state index in [2.05, 4.69) is 113 Å². The lowest BCUT2D eigenvalue weighted by molar-refractivity contribution is 0.457. The minimum atomic E-state index is -0.155. The molecule has 2 aliphatic carbocycles. The molecule has 0 saturated carbocycles. The molecule has 2 atom stereocenters. The van der Waals surface area contributed by atoms with Gasteiger partial charge in [-0.25, -0.2) is 0 Å². The maximum Gasteiger partial charge on any atom is 0.0529 e. The van der Waals surface area contributed by atoms with Crippen LogP contribution < -0.4 is 0 Å². The summed E-state index contributed by atoms with van der Waals surface area (Å²) in [5, 5.41) is 0. The van der Waals surface area contributed by atoms with Gasteiger partial charge in [-0.15, -0.1) is 0 Å². The van der Waals surface area contributed by atoms with Crippen molar-refractivity contribution in [1.29, 1.82) is 0 Å². The van der Waals surface area contributed by atoms with Crippen LogP contribution in [0.5, 0.6) is 0 Å². The van der Waals surface area contributed by atoms with E-state index >= 15 is 0 Å². The van der Waals surface area contributed by atoms with Crippen molar-refractivity contribution in [2.24, 2.45) is 5.92 Å². The maximum atomic E-state index is 3.83. The number of benzene rings is 3. The van der Waals surface area contributed by atoms with Crippen LogP contribution in [0, 0.1) is 5.92 Å². The number of fused-ring (bicyclic) bond motifs is 3. The zero-order valence-corrected chi connectivity index (χ0v) is 16.0. The Bertz CT molecular complexity index is 1030. The van der Waals surface area contributed by atoms with Gasteiger partial charge in [0, 0.05) is 10.0 Å². The van der Waals surface area contributed by atoms with Gasteiger partial charge in [0.1, 0.15) is 0 Å². The Morgan fingerprint density at radius 2 is 1.54 bits per heavy atom. The van der Waals surface area contributed by atoms with Crippen LogP contribution in [-0.4, -0.2) is 0 Å². The molecule has 2 unspecified atom stereocenters. The lowest BCUT2D eigenvalue weighted by Gasteiger charge is -2.39. The second kappa shape index (κ2) is 6.10. The highest BCUT2D eigenvalue weighted by Gasteiger charge is 2.49. The summed E-state index contributed by atoms with van der Waals surface area (Å²) in [6.45, 7) is 0. The predicted octanol–water partition coefficient (Wildman–Crippen LogP) is 6.90. The first-order chi connectivity index (χ1) is 12.8. The number of rotatable bonds is 2. The first kappa shape index (κ1) is 15.8. The minimum Gasteiger partial charge on any atom is -0.0839 e. The fourth-order valence-electron chi connectivity index (χ4n) is 4.84. The average molecular weight is 399 g/mol. The summed E-state index contributed by atoms with van der Waals surface area (Å²) in [6, 6.07) is 26.6. The van der Waals surface area contributed by atoms with Crippen molar-refractivity contribution in [2.45, 2.75) is 11.8 Å². The number of allylic oxidation sites excluding steroid dienone is 4. The zero-order valence-electron chi connectivity index (χ0n) is 14.4. The van der Waals surface area contributed by atoms with Gasteiger partial charge in [0.2, 0.25) is 0 Å².